The lowest BCUT2D eigenvalue weighted by Gasteiger charge is -2.43. The molecule has 1 fully saturated rings. The molecule has 2 aromatic carbocycles. The van der Waals surface area contributed by atoms with Crippen LogP contribution < -0.4 is 4.74 Å². The third kappa shape index (κ3) is 6.44. The first kappa shape index (κ1) is 25.0. The summed E-state index contributed by atoms with van der Waals surface area (Å²) in [5, 5.41) is 1.88. The lowest BCUT2D eigenvalue weighted by atomic mass is 9.98. The minimum atomic E-state index is -1.29. The Balaban J connectivity index is 1.98. The monoisotopic (exact) mass is 474 g/mol. The van der Waals surface area contributed by atoms with Crippen LogP contribution in [0.1, 0.15) is 27.7 Å². The van der Waals surface area contributed by atoms with E-state index in [1.165, 1.54) is 13.8 Å². The molecule has 0 aromatic heterocycles. The molecule has 1 aliphatic heterocycles. The van der Waals surface area contributed by atoms with Gasteiger partial charge in [0.1, 0.15) is 18.5 Å². The Hall–Kier alpha value is -3.66. The summed E-state index contributed by atoms with van der Waals surface area (Å²) in [7, 11) is 0. The average Bonchev–Trinajstić information content (AvgIpc) is 2.75. The number of benzene rings is 2. The molecule has 0 spiro atoms. The van der Waals surface area contributed by atoms with E-state index in [4.69, 9.17) is 28.4 Å². The van der Waals surface area contributed by atoms with E-state index in [0.29, 0.717) is 5.75 Å². The summed E-state index contributed by atoms with van der Waals surface area (Å²) >= 11 is 0. The molecule has 10 heteroatoms. The van der Waals surface area contributed by atoms with Crippen molar-refractivity contribution < 1.29 is 47.6 Å². The third-order valence-electron chi connectivity index (χ3n) is 4.92. The van der Waals surface area contributed by atoms with Crippen molar-refractivity contribution in [1.29, 1.82) is 0 Å². The standard InChI is InChI=1S/C24H26O10/c1-13(25)29-12-20-21(30-14(2)26)22(31-15(3)27)23(32-16(4)28)24(34-20)33-19-10-9-17-7-5-6-8-18(17)11-19/h5-11,20-24H,12H2,1-4H3/t20-,21+,22+,23-,24?/m1/s1. The second kappa shape index (κ2) is 11.0. The zero-order valence-electron chi connectivity index (χ0n) is 19.2. The van der Waals surface area contributed by atoms with E-state index < -0.39 is 54.6 Å². The van der Waals surface area contributed by atoms with Crippen molar-refractivity contribution in [3.63, 3.8) is 0 Å². The average molecular weight is 474 g/mol. The smallest absolute Gasteiger partial charge is 0.303 e. The normalized spacial score (nSPS) is 24.1. The predicted octanol–water partition coefficient (Wildman–Crippen LogP) is 2.30. The van der Waals surface area contributed by atoms with E-state index in [1.807, 2.05) is 30.3 Å². The van der Waals surface area contributed by atoms with Gasteiger partial charge >= 0.3 is 23.9 Å². The molecule has 0 aliphatic carbocycles. The summed E-state index contributed by atoms with van der Waals surface area (Å²) in [6.45, 7) is 4.37. The first-order valence-corrected chi connectivity index (χ1v) is 10.6. The molecule has 2 aromatic rings. The van der Waals surface area contributed by atoms with Crippen molar-refractivity contribution in [2.24, 2.45) is 0 Å². The van der Waals surface area contributed by atoms with Crippen LogP contribution in [0, 0.1) is 0 Å². The molecule has 1 heterocycles. The van der Waals surface area contributed by atoms with Crippen molar-refractivity contribution >= 4 is 34.6 Å². The maximum Gasteiger partial charge on any atom is 0.303 e. The molecule has 0 N–H and O–H groups in total. The molecule has 0 radical (unpaired) electrons. The predicted molar refractivity (Wildman–Crippen MR) is 117 cm³/mol. The first-order chi connectivity index (χ1) is 16.1. The van der Waals surface area contributed by atoms with Gasteiger partial charge in [0.15, 0.2) is 12.2 Å². The van der Waals surface area contributed by atoms with Gasteiger partial charge in [-0.3, -0.25) is 19.2 Å². The number of esters is 4. The SMILES string of the molecule is CC(=O)OC[C@H]1OC(Oc2ccc3ccccc3c2)[C@H](OC(C)=O)[C@@H](OC(C)=O)[C@H]1OC(C)=O. The number of carbonyl (C=O) groups is 4. The van der Waals surface area contributed by atoms with E-state index in [9.17, 15) is 19.2 Å². The van der Waals surface area contributed by atoms with Crippen LogP contribution in [0.4, 0.5) is 0 Å². The van der Waals surface area contributed by atoms with Gasteiger partial charge in [0.25, 0.3) is 0 Å². The molecule has 0 amide bonds. The third-order valence-corrected chi connectivity index (χ3v) is 4.92. The summed E-state index contributed by atoms with van der Waals surface area (Å²) in [6.07, 6.45) is -6.16. The maximum atomic E-state index is 11.9. The van der Waals surface area contributed by atoms with E-state index >= 15 is 0 Å². The van der Waals surface area contributed by atoms with Crippen LogP contribution in [0.5, 0.6) is 5.75 Å². The van der Waals surface area contributed by atoms with E-state index in [2.05, 4.69) is 0 Å². The maximum absolute atomic E-state index is 11.9. The van der Waals surface area contributed by atoms with Crippen LogP contribution in [-0.4, -0.2) is 61.2 Å². The Labute approximate surface area is 196 Å². The minimum Gasteiger partial charge on any atom is -0.463 e. The molecule has 34 heavy (non-hydrogen) atoms. The summed E-state index contributed by atoms with van der Waals surface area (Å²) in [4.78, 5) is 47.0. The largest absolute Gasteiger partial charge is 0.463 e. The number of carbonyl (C=O) groups excluding carboxylic acids is 4. The highest BCUT2D eigenvalue weighted by molar-refractivity contribution is 5.83. The van der Waals surface area contributed by atoms with Crippen LogP contribution >= 0.6 is 0 Å². The van der Waals surface area contributed by atoms with Crippen molar-refractivity contribution in [2.45, 2.75) is 58.4 Å². The first-order valence-electron chi connectivity index (χ1n) is 10.6. The fraction of sp³-hybridized carbons (Fsp3) is 0.417. The molecule has 3 rings (SSSR count). The number of rotatable bonds is 7. The lowest BCUT2D eigenvalue weighted by Crippen LogP contribution is -2.63. The minimum absolute atomic E-state index is 0.324. The highest BCUT2D eigenvalue weighted by atomic mass is 16.7. The lowest BCUT2D eigenvalue weighted by molar-refractivity contribution is -0.288. The Bertz CT molecular complexity index is 1060. The van der Waals surface area contributed by atoms with Gasteiger partial charge in [0, 0.05) is 27.7 Å². The quantitative estimate of drug-likeness (QED) is 0.436. The Morgan fingerprint density at radius 2 is 1.32 bits per heavy atom. The molecule has 1 aliphatic rings. The van der Waals surface area contributed by atoms with E-state index in [-0.39, 0.29) is 6.61 Å². The van der Waals surface area contributed by atoms with Gasteiger partial charge in [-0.1, -0.05) is 30.3 Å². The topological polar surface area (TPSA) is 124 Å². The van der Waals surface area contributed by atoms with Crippen LogP contribution in [-0.2, 0) is 42.9 Å². The van der Waals surface area contributed by atoms with Crippen molar-refractivity contribution in [3.05, 3.63) is 42.5 Å². The zero-order valence-corrected chi connectivity index (χ0v) is 19.2. The van der Waals surface area contributed by atoms with Gasteiger partial charge in [-0.2, -0.15) is 0 Å². The van der Waals surface area contributed by atoms with Crippen molar-refractivity contribution in [1.82, 2.24) is 0 Å². The molecular weight excluding hydrogens is 448 g/mol. The van der Waals surface area contributed by atoms with Crippen LogP contribution in [0.2, 0.25) is 0 Å². The second-order valence-corrected chi connectivity index (χ2v) is 7.69. The van der Waals surface area contributed by atoms with Crippen LogP contribution in [0.25, 0.3) is 10.8 Å². The number of hydrogen-bond acceptors (Lipinski definition) is 10. The molecule has 5 atom stereocenters. The Morgan fingerprint density at radius 3 is 1.94 bits per heavy atom. The van der Waals surface area contributed by atoms with Gasteiger partial charge in [-0.15, -0.1) is 0 Å². The van der Waals surface area contributed by atoms with Crippen molar-refractivity contribution in [3.8, 4) is 5.75 Å². The highest BCUT2D eigenvalue weighted by Crippen LogP contribution is 2.31. The molecule has 0 saturated carbocycles. The van der Waals surface area contributed by atoms with Crippen molar-refractivity contribution in [2.75, 3.05) is 6.61 Å². The van der Waals surface area contributed by atoms with E-state index in [0.717, 1.165) is 24.6 Å². The molecule has 1 unspecified atom stereocenters. The number of ether oxygens (including phenoxy) is 6. The Morgan fingerprint density at radius 1 is 0.735 bits per heavy atom. The number of hydrogen-bond donors (Lipinski definition) is 0. The molecule has 1 saturated heterocycles. The molecule has 0 bridgehead atoms. The van der Waals surface area contributed by atoms with Gasteiger partial charge in [-0.25, -0.2) is 0 Å². The summed E-state index contributed by atoms with van der Waals surface area (Å²) < 4.78 is 33.1. The summed E-state index contributed by atoms with van der Waals surface area (Å²) in [5.41, 5.74) is 0. The highest BCUT2D eigenvalue weighted by Gasteiger charge is 2.53. The van der Waals surface area contributed by atoms with Crippen LogP contribution in [0.3, 0.4) is 0 Å². The van der Waals surface area contributed by atoms with Gasteiger partial charge in [0.05, 0.1) is 0 Å². The molecule has 10 nitrogen and oxygen atoms in total. The van der Waals surface area contributed by atoms with Gasteiger partial charge in [0.2, 0.25) is 12.4 Å². The molecule has 182 valence electrons. The Kier molecular flexibility index (Phi) is 8.06. The van der Waals surface area contributed by atoms with Gasteiger partial charge in [-0.05, 0) is 22.9 Å². The van der Waals surface area contributed by atoms with Crippen LogP contribution in [0.15, 0.2) is 42.5 Å². The number of fused-ring (bicyclic) bond motifs is 1. The van der Waals surface area contributed by atoms with Gasteiger partial charge < -0.3 is 28.4 Å². The summed E-state index contributed by atoms with van der Waals surface area (Å²) in [5.74, 6) is -2.31. The van der Waals surface area contributed by atoms with E-state index in [1.54, 1.807) is 12.1 Å². The molecular formula is C24H26O10. The fourth-order valence-corrected chi connectivity index (χ4v) is 3.66. The second-order valence-electron chi connectivity index (χ2n) is 7.69. The zero-order chi connectivity index (χ0) is 24.8. The fourth-order valence-electron chi connectivity index (χ4n) is 3.66. The summed E-state index contributed by atoms with van der Waals surface area (Å²) in [6, 6.07) is 12.9.